The van der Waals surface area contributed by atoms with Gasteiger partial charge in [-0.15, -0.1) is 0 Å². The van der Waals surface area contributed by atoms with Gasteiger partial charge in [-0.1, -0.05) is 43.3 Å². The van der Waals surface area contributed by atoms with Gasteiger partial charge in [0.05, 0.1) is 17.5 Å². The number of rotatable bonds is 11. The monoisotopic (exact) mass is 527 g/mol. The Hall–Kier alpha value is -3.08. The van der Waals surface area contributed by atoms with Gasteiger partial charge < -0.3 is 10.2 Å². The first kappa shape index (κ1) is 29.2. The summed E-state index contributed by atoms with van der Waals surface area (Å²) < 4.78 is 65.4. The number of alkyl halides is 3. The molecule has 2 amide bonds. The Kier molecular flexibility index (Phi) is 9.92. The van der Waals surface area contributed by atoms with Crippen LogP contribution in [0.25, 0.3) is 0 Å². The molecule has 2 rings (SSSR count). The molecule has 198 valence electrons. The molecule has 0 aliphatic carbocycles. The molecule has 36 heavy (non-hydrogen) atoms. The van der Waals surface area contributed by atoms with Crippen molar-refractivity contribution in [3.8, 4) is 0 Å². The average molecular weight is 528 g/mol. The molecule has 0 spiro atoms. The molecule has 1 atom stereocenters. The van der Waals surface area contributed by atoms with E-state index in [1.807, 2.05) is 30.3 Å². The van der Waals surface area contributed by atoms with E-state index in [-0.39, 0.29) is 30.6 Å². The van der Waals surface area contributed by atoms with Crippen LogP contribution in [0.15, 0.2) is 54.6 Å². The average Bonchev–Trinajstić information content (AvgIpc) is 2.79. The molecule has 0 heterocycles. The van der Waals surface area contributed by atoms with Crippen LogP contribution in [0.5, 0.6) is 0 Å². The molecule has 0 saturated carbocycles. The van der Waals surface area contributed by atoms with Crippen LogP contribution >= 0.6 is 0 Å². The SMILES string of the molecule is CCC(C(=O)NC(C)C)N(CCc1ccccc1)C(=O)CN(c1cccc(C(F)(F)F)c1)S(C)(=O)=O. The minimum absolute atomic E-state index is 0.118. The van der Waals surface area contributed by atoms with Crippen molar-refractivity contribution in [1.82, 2.24) is 10.2 Å². The maximum Gasteiger partial charge on any atom is 0.416 e. The van der Waals surface area contributed by atoms with E-state index in [1.165, 1.54) is 11.0 Å². The van der Waals surface area contributed by atoms with Crippen LogP contribution in [0.1, 0.15) is 38.3 Å². The van der Waals surface area contributed by atoms with E-state index in [9.17, 15) is 31.2 Å². The topological polar surface area (TPSA) is 86.8 Å². The molecule has 0 radical (unpaired) electrons. The van der Waals surface area contributed by atoms with E-state index in [1.54, 1.807) is 20.8 Å². The molecule has 7 nitrogen and oxygen atoms in total. The molecule has 0 saturated heterocycles. The van der Waals surface area contributed by atoms with Crippen LogP contribution < -0.4 is 9.62 Å². The zero-order valence-electron chi connectivity index (χ0n) is 20.7. The summed E-state index contributed by atoms with van der Waals surface area (Å²) in [4.78, 5) is 27.7. The number of halogens is 3. The molecule has 0 fully saturated rings. The number of carbonyl (C=O) groups excluding carboxylic acids is 2. The molecule has 1 unspecified atom stereocenters. The van der Waals surface area contributed by atoms with E-state index in [2.05, 4.69) is 5.32 Å². The zero-order chi connectivity index (χ0) is 27.1. The van der Waals surface area contributed by atoms with E-state index < -0.39 is 40.3 Å². The van der Waals surface area contributed by atoms with Crippen molar-refractivity contribution in [2.24, 2.45) is 0 Å². The first-order chi connectivity index (χ1) is 16.7. The lowest BCUT2D eigenvalue weighted by molar-refractivity contribution is -0.139. The Balaban J connectivity index is 2.42. The Morgan fingerprint density at radius 3 is 2.19 bits per heavy atom. The summed E-state index contributed by atoms with van der Waals surface area (Å²) in [5.74, 6) is -1.08. The molecule has 1 N–H and O–H groups in total. The third-order valence-corrected chi connectivity index (χ3v) is 6.58. The maximum atomic E-state index is 13.5. The summed E-state index contributed by atoms with van der Waals surface area (Å²) >= 11 is 0. The van der Waals surface area contributed by atoms with Gasteiger partial charge in [-0.2, -0.15) is 13.2 Å². The Morgan fingerprint density at radius 1 is 1.03 bits per heavy atom. The van der Waals surface area contributed by atoms with Crippen LogP contribution in [0.3, 0.4) is 0 Å². The first-order valence-corrected chi connectivity index (χ1v) is 13.4. The van der Waals surface area contributed by atoms with Gasteiger partial charge in [0.2, 0.25) is 21.8 Å². The van der Waals surface area contributed by atoms with Gasteiger partial charge in [-0.3, -0.25) is 13.9 Å². The van der Waals surface area contributed by atoms with E-state index in [4.69, 9.17) is 0 Å². The van der Waals surface area contributed by atoms with Crippen molar-refractivity contribution in [2.75, 3.05) is 23.7 Å². The molecule has 0 bridgehead atoms. The van der Waals surface area contributed by atoms with Crippen molar-refractivity contribution in [3.05, 3.63) is 65.7 Å². The lowest BCUT2D eigenvalue weighted by Gasteiger charge is -2.33. The number of sulfonamides is 1. The summed E-state index contributed by atoms with van der Waals surface area (Å²) in [5.41, 5.74) is -0.416. The minimum atomic E-state index is -4.69. The van der Waals surface area contributed by atoms with Crippen molar-refractivity contribution in [2.45, 2.75) is 51.9 Å². The molecule has 0 aliphatic heterocycles. The van der Waals surface area contributed by atoms with Crippen molar-refractivity contribution < 1.29 is 31.2 Å². The quantitative estimate of drug-likeness (QED) is 0.481. The Morgan fingerprint density at radius 2 is 1.67 bits per heavy atom. The molecule has 2 aromatic rings. The van der Waals surface area contributed by atoms with Gasteiger partial charge in [-0.25, -0.2) is 8.42 Å². The Labute approximate surface area is 210 Å². The number of nitrogens with zero attached hydrogens (tertiary/aromatic N) is 2. The summed E-state index contributed by atoms with van der Waals surface area (Å²) in [6.07, 6.45) is -3.20. The third-order valence-electron chi connectivity index (χ3n) is 5.44. The fourth-order valence-corrected chi connectivity index (χ4v) is 4.57. The molecular formula is C25H32F3N3O4S. The molecule has 11 heteroatoms. The summed E-state index contributed by atoms with van der Waals surface area (Å²) in [6.45, 7) is 4.65. The highest BCUT2D eigenvalue weighted by Crippen LogP contribution is 2.32. The highest BCUT2D eigenvalue weighted by atomic mass is 32.2. The lowest BCUT2D eigenvalue weighted by atomic mass is 10.1. The second-order valence-corrected chi connectivity index (χ2v) is 10.6. The van der Waals surface area contributed by atoms with E-state index in [0.717, 1.165) is 24.0 Å². The lowest BCUT2D eigenvalue weighted by Crippen LogP contribution is -2.54. The predicted octanol–water partition coefficient (Wildman–Crippen LogP) is 3.85. The molecule has 2 aromatic carbocycles. The second kappa shape index (κ2) is 12.2. The normalized spacial score (nSPS) is 12.8. The maximum absolute atomic E-state index is 13.5. The van der Waals surface area contributed by atoms with Crippen LogP contribution in [-0.4, -0.2) is 56.6 Å². The van der Waals surface area contributed by atoms with Crippen molar-refractivity contribution >= 4 is 27.5 Å². The van der Waals surface area contributed by atoms with Crippen LogP contribution in [0.2, 0.25) is 0 Å². The highest BCUT2D eigenvalue weighted by molar-refractivity contribution is 7.92. The summed E-state index contributed by atoms with van der Waals surface area (Å²) in [7, 11) is -4.13. The van der Waals surface area contributed by atoms with E-state index >= 15 is 0 Å². The summed E-state index contributed by atoms with van der Waals surface area (Å²) in [5, 5.41) is 2.78. The van der Waals surface area contributed by atoms with Crippen molar-refractivity contribution in [3.63, 3.8) is 0 Å². The number of anilines is 1. The smallest absolute Gasteiger partial charge is 0.352 e. The fraction of sp³-hybridized carbons (Fsp3) is 0.440. The van der Waals surface area contributed by atoms with Gasteiger partial charge in [-0.05, 0) is 50.5 Å². The number of amides is 2. The molecular weight excluding hydrogens is 495 g/mol. The van der Waals surface area contributed by atoms with E-state index in [0.29, 0.717) is 16.8 Å². The molecule has 0 aromatic heterocycles. The largest absolute Gasteiger partial charge is 0.416 e. The highest BCUT2D eigenvalue weighted by Gasteiger charge is 2.34. The fourth-order valence-electron chi connectivity index (χ4n) is 3.73. The van der Waals surface area contributed by atoms with Crippen LogP contribution in [0, 0.1) is 0 Å². The molecule has 0 aliphatic rings. The Bertz CT molecular complexity index is 1140. The minimum Gasteiger partial charge on any atom is -0.352 e. The van der Waals surface area contributed by atoms with Crippen molar-refractivity contribution in [1.29, 1.82) is 0 Å². The number of benzene rings is 2. The number of hydrogen-bond donors (Lipinski definition) is 1. The predicted molar refractivity (Wildman–Crippen MR) is 133 cm³/mol. The first-order valence-electron chi connectivity index (χ1n) is 11.5. The van der Waals surface area contributed by atoms with Gasteiger partial charge in [0.1, 0.15) is 12.6 Å². The van der Waals surface area contributed by atoms with Crippen LogP contribution in [0.4, 0.5) is 18.9 Å². The second-order valence-electron chi connectivity index (χ2n) is 8.73. The van der Waals surface area contributed by atoms with Gasteiger partial charge >= 0.3 is 6.18 Å². The van der Waals surface area contributed by atoms with Gasteiger partial charge in [0.25, 0.3) is 0 Å². The number of carbonyl (C=O) groups is 2. The van der Waals surface area contributed by atoms with Gasteiger partial charge in [0.15, 0.2) is 0 Å². The zero-order valence-corrected chi connectivity index (χ0v) is 21.6. The number of hydrogen-bond acceptors (Lipinski definition) is 4. The standard InChI is InChI=1S/C25H32F3N3O4S/c1-5-22(24(33)29-18(2)3)30(15-14-19-10-7-6-8-11-19)23(32)17-31(36(4,34)35)21-13-9-12-20(16-21)25(26,27)28/h6-13,16,18,22H,5,14-15,17H2,1-4H3,(H,29,33). The number of nitrogens with one attached hydrogen (secondary N) is 1. The van der Waals surface area contributed by atoms with Crippen LogP contribution in [-0.2, 0) is 32.2 Å². The summed E-state index contributed by atoms with van der Waals surface area (Å²) in [6, 6.07) is 12.0. The van der Waals surface area contributed by atoms with Gasteiger partial charge in [0, 0.05) is 12.6 Å². The third kappa shape index (κ3) is 8.25.